The summed E-state index contributed by atoms with van der Waals surface area (Å²) in [6.07, 6.45) is 6.74. The zero-order valence-corrected chi connectivity index (χ0v) is 15.3. The summed E-state index contributed by atoms with van der Waals surface area (Å²) < 4.78 is 43.1. The summed E-state index contributed by atoms with van der Waals surface area (Å²) >= 11 is 0. The SMILES string of the molecule is CC1CCC2CC(c3cc(F)c4c(F)c(C(=O)O)c(F)cc4c3)CCC2C1. The number of carbonyl (C=O) groups is 1. The Kier molecular flexibility index (Phi) is 4.65. The average Bonchev–Trinajstić information content (AvgIpc) is 2.60. The quantitative estimate of drug-likeness (QED) is 0.670. The van der Waals surface area contributed by atoms with Crippen LogP contribution in [0.2, 0.25) is 0 Å². The lowest BCUT2D eigenvalue weighted by Gasteiger charge is -2.41. The van der Waals surface area contributed by atoms with Crippen LogP contribution in [0.3, 0.4) is 0 Å². The van der Waals surface area contributed by atoms with Crippen LogP contribution in [0.15, 0.2) is 18.2 Å². The fourth-order valence-corrected chi connectivity index (χ4v) is 5.29. The van der Waals surface area contributed by atoms with E-state index in [1.807, 2.05) is 0 Å². The van der Waals surface area contributed by atoms with E-state index in [2.05, 4.69) is 6.92 Å². The fourth-order valence-electron chi connectivity index (χ4n) is 5.29. The molecule has 2 aromatic carbocycles. The van der Waals surface area contributed by atoms with Crippen LogP contribution in [0.25, 0.3) is 10.8 Å². The third-order valence-electron chi connectivity index (χ3n) is 6.66. The molecule has 0 amide bonds. The second kappa shape index (κ2) is 6.84. The molecule has 2 nitrogen and oxygen atoms in total. The molecule has 0 radical (unpaired) electrons. The summed E-state index contributed by atoms with van der Waals surface area (Å²) in [7, 11) is 0. The van der Waals surface area contributed by atoms with Crippen molar-refractivity contribution in [1.82, 2.24) is 0 Å². The van der Waals surface area contributed by atoms with E-state index >= 15 is 0 Å². The maximum Gasteiger partial charge on any atom is 0.341 e. The highest BCUT2D eigenvalue weighted by Gasteiger charge is 2.35. The van der Waals surface area contributed by atoms with Crippen LogP contribution >= 0.6 is 0 Å². The van der Waals surface area contributed by atoms with E-state index in [4.69, 9.17) is 5.11 Å². The number of rotatable bonds is 2. The first-order chi connectivity index (χ1) is 12.8. The lowest BCUT2D eigenvalue weighted by Crippen LogP contribution is -2.29. The number of benzene rings is 2. The van der Waals surface area contributed by atoms with Crippen LogP contribution in [-0.4, -0.2) is 11.1 Å². The summed E-state index contributed by atoms with van der Waals surface area (Å²) in [6, 6.07) is 3.88. The van der Waals surface area contributed by atoms with Gasteiger partial charge in [0, 0.05) is 0 Å². The van der Waals surface area contributed by atoms with E-state index in [1.165, 1.54) is 25.3 Å². The number of carboxylic acid groups (broad SMARTS) is 1. The molecule has 0 aliphatic heterocycles. The van der Waals surface area contributed by atoms with Crippen LogP contribution in [0.1, 0.15) is 67.3 Å². The molecule has 0 bridgehead atoms. The number of carboxylic acids is 1. The molecular weight excluding hydrogens is 353 g/mol. The zero-order valence-electron chi connectivity index (χ0n) is 15.3. The third-order valence-corrected chi connectivity index (χ3v) is 6.66. The van der Waals surface area contributed by atoms with Crippen LogP contribution < -0.4 is 0 Å². The van der Waals surface area contributed by atoms with Gasteiger partial charge in [-0.15, -0.1) is 0 Å². The molecule has 2 fully saturated rings. The van der Waals surface area contributed by atoms with Gasteiger partial charge in [0.05, 0.1) is 5.39 Å². The van der Waals surface area contributed by atoms with E-state index in [-0.39, 0.29) is 11.3 Å². The van der Waals surface area contributed by atoms with Gasteiger partial charge in [-0.2, -0.15) is 0 Å². The van der Waals surface area contributed by atoms with Crippen molar-refractivity contribution in [2.45, 2.75) is 51.4 Å². The largest absolute Gasteiger partial charge is 0.477 e. The summed E-state index contributed by atoms with van der Waals surface area (Å²) in [6.45, 7) is 2.30. The first kappa shape index (κ1) is 18.3. The van der Waals surface area contributed by atoms with E-state index < -0.39 is 34.4 Å². The molecule has 0 saturated heterocycles. The van der Waals surface area contributed by atoms with Gasteiger partial charge >= 0.3 is 5.97 Å². The van der Waals surface area contributed by atoms with Crippen LogP contribution in [0, 0.1) is 35.2 Å². The van der Waals surface area contributed by atoms with Crippen molar-refractivity contribution >= 4 is 16.7 Å². The van der Waals surface area contributed by atoms with Gasteiger partial charge < -0.3 is 5.11 Å². The lowest BCUT2D eigenvalue weighted by atomic mass is 9.64. The standard InChI is InChI=1S/C22H23F3O2/c1-11-2-3-13-7-14(5-4-12(13)6-11)15-8-16-10-18(24)20(22(26)27)21(25)19(16)17(23)9-15/h8-14H,2-7H2,1H3,(H,26,27). The molecule has 2 aliphatic rings. The van der Waals surface area contributed by atoms with Crippen LogP contribution in [0.5, 0.6) is 0 Å². The number of fused-ring (bicyclic) bond motifs is 2. The molecular formula is C22H23F3O2. The highest BCUT2D eigenvalue weighted by Crippen LogP contribution is 2.48. The molecule has 1 N–H and O–H groups in total. The zero-order chi connectivity index (χ0) is 19.3. The van der Waals surface area contributed by atoms with Crippen LogP contribution in [0.4, 0.5) is 13.2 Å². The summed E-state index contributed by atoms with van der Waals surface area (Å²) in [4.78, 5) is 11.1. The minimum atomic E-state index is -1.74. The van der Waals surface area contributed by atoms with Crippen molar-refractivity contribution in [2.75, 3.05) is 0 Å². The number of hydrogen-bond donors (Lipinski definition) is 1. The Hall–Kier alpha value is -2.04. The molecule has 4 rings (SSSR count). The minimum Gasteiger partial charge on any atom is -0.477 e. The predicted molar refractivity (Wildman–Crippen MR) is 97.4 cm³/mol. The highest BCUT2D eigenvalue weighted by atomic mass is 19.1. The number of hydrogen-bond acceptors (Lipinski definition) is 1. The Morgan fingerprint density at radius 3 is 2.41 bits per heavy atom. The van der Waals surface area contributed by atoms with Gasteiger partial charge in [0.25, 0.3) is 0 Å². The number of halogens is 3. The van der Waals surface area contributed by atoms with Gasteiger partial charge in [-0.25, -0.2) is 18.0 Å². The molecule has 5 heteroatoms. The number of aromatic carboxylic acids is 1. The molecule has 4 atom stereocenters. The molecule has 2 aliphatic carbocycles. The third kappa shape index (κ3) is 3.21. The molecule has 0 spiro atoms. The molecule has 144 valence electrons. The Bertz CT molecular complexity index is 908. The van der Waals surface area contributed by atoms with Crippen molar-refractivity contribution in [1.29, 1.82) is 0 Å². The predicted octanol–water partition coefficient (Wildman–Crippen LogP) is 6.28. The van der Waals surface area contributed by atoms with Crippen molar-refractivity contribution in [2.24, 2.45) is 17.8 Å². The lowest BCUT2D eigenvalue weighted by molar-refractivity contribution is 0.0687. The monoisotopic (exact) mass is 376 g/mol. The van der Waals surface area contributed by atoms with Crippen LogP contribution in [-0.2, 0) is 0 Å². The topological polar surface area (TPSA) is 37.3 Å². The van der Waals surface area contributed by atoms with E-state index in [0.29, 0.717) is 5.92 Å². The Morgan fingerprint density at radius 2 is 1.67 bits per heavy atom. The van der Waals surface area contributed by atoms with Crippen molar-refractivity contribution < 1.29 is 23.1 Å². The van der Waals surface area contributed by atoms with E-state index in [9.17, 15) is 18.0 Å². The summed E-state index contributed by atoms with van der Waals surface area (Å²) in [5.74, 6) is -2.73. The van der Waals surface area contributed by atoms with Crippen molar-refractivity contribution in [3.63, 3.8) is 0 Å². The van der Waals surface area contributed by atoms with Gasteiger partial charge in [-0.1, -0.05) is 19.4 Å². The van der Waals surface area contributed by atoms with Crippen molar-refractivity contribution in [3.8, 4) is 0 Å². The first-order valence-electron chi connectivity index (χ1n) is 9.69. The fraction of sp³-hybridized carbons (Fsp3) is 0.500. The van der Waals surface area contributed by atoms with Gasteiger partial charge in [-0.3, -0.25) is 0 Å². The van der Waals surface area contributed by atoms with E-state index in [1.54, 1.807) is 6.07 Å². The highest BCUT2D eigenvalue weighted by molar-refractivity contribution is 5.96. The van der Waals surface area contributed by atoms with Gasteiger partial charge in [-0.05, 0) is 78.9 Å². The Morgan fingerprint density at radius 1 is 0.963 bits per heavy atom. The van der Waals surface area contributed by atoms with Gasteiger partial charge in [0.1, 0.15) is 17.2 Å². The second-order valence-corrected chi connectivity index (χ2v) is 8.40. The normalized spacial score (nSPS) is 28.1. The maximum absolute atomic E-state index is 14.7. The molecule has 0 aromatic heterocycles. The van der Waals surface area contributed by atoms with Gasteiger partial charge in [0.15, 0.2) is 5.82 Å². The summed E-state index contributed by atoms with van der Waals surface area (Å²) in [5.41, 5.74) is -0.343. The Labute approximate surface area is 156 Å². The second-order valence-electron chi connectivity index (χ2n) is 8.40. The van der Waals surface area contributed by atoms with Gasteiger partial charge in [0.2, 0.25) is 0 Å². The molecule has 27 heavy (non-hydrogen) atoms. The van der Waals surface area contributed by atoms with Crippen molar-refractivity contribution in [3.05, 3.63) is 46.8 Å². The first-order valence-corrected chi connectivity index (χ1v) is 9.69. The maximum atomic E-state index is 14.7. The minimum absolute atomic E-state index is 0.0874. The smallest absolute Gasteiger partial charge is 0.341 e. The molecule has 2 aromatic rings. The Balaban J connectivity index is 1.70. The molecule has 0 heterocycles. The van der Waals surface area contributed by atoms with E-state index in [0.717, 1.165) is 42.7 Å². The summed E-state index contributed by atoms with van der Waals surface area (Å²) in [5, 5.41) is 8.62. The molecule has 2 saturated carbocycles. The average molecular weight is 376 g/mol. The molecule has 4 unspecified atom stereocenters.